The molecule has 0 fully saturated rings. The molecule has 5 heteroatoms. The predicted octanol–water partition coefficient (Wildman–Crippen LogP) is 2.56. The summed E-state index contributed by atoms with van der Waals surface area (Å²) in [5.74, 6) is -0.232. The highest BCUT2D eigenvalue weighted by Gasteiger charge is 2.15. The van der Waals surface area contributed by atoms with Crippen LogP contribution in [0.25, 0.3) is 0 Å². The maximum atomic E-state index is 12.1. The van der Waals surface area contributed by atoms with Gasteiger partial charge in [-0.25, -0.2) is 4.79 Å². The molecule has 0 bridgehead atoms. The van der Waals surface area contributed by atoms with Crippen LogP contribution in [0.5, 0.6) is 5.75 Å². The number of esters is 1. The highest BCUT2D eigenvalue weighted by atomic mass is 16.5. The van der Waals surface area contributed by atoms with Gasteiger partial charge >= 0.3 is 5.97 Å². The topological polar surface area (TPSA) is 64.6 Å². The van der Waals surface area contributed by atoms with Gasteiger partial charge in [-0.15, -0.1) is 0 Å². The van der Waals surface area contributed by atoms with Crippen LogP contribution in [0.2, 0.25) is 0 Å². The second-order valence-corrected chi connectivity index (χ2v) is 4.98. The first kappa shape index (κ1) is 16.5. The third kappa shape index (κ3) is 4.85. The number of carbonyl (C=O) groups is 2. The van der Waals surface area contributed by atoms with Crippen molar-refractivity contribution in [2.75, 3.05) is 7.11 Å². The highest BCUT2D eigenvalue weighted by Crippen LogP contribution is 2.15. The van der Waals surface area contributed by atoms with Crippen molar-refractivity contribution in [3.63, 3.8) is 0 Å². The van der Waals surface area contributed by atoms with Crippen molar-refractivity contribution < 1.29 is 19.1 Å². The summed E-state index contributed by atoms with van der Waals surface area (Å²) < 4.78 is 10.2. The Hall–Kier alpha value is -2.82. The van der Waals surface area contributed by atoms with Gasteiger partial charge in [-0.2, -0.15) is 0 Å². The number of rotatable bonds is 6. The van der Waals surface area contributed by atoms with Gasteiger partial charge in [0.25, 0.3) is 5.91 Å². The summed E-state index contributed by atoms with van der Waals surface area (Å²) in [6.45, 7) is 2.10. The zero-order valence-electron chi connectivity index (χ0n) is 13.1. The van der Waals surface area contributed by atoms with Crippen LogP contribution in [-0.2, 0) is 16.1 Å². The van der Waals surface area contributed by atoms with Gasteiger partial charge in [-0.05, 0) is 30.7 Å². The molecule has 2 aromatic carbocycles. The van der Waals surface area contributed by atoms with E-state index in [2.05, 4.69) is 10.1 Å². The number of hydrogen-bond donors (Lipinski definition) is 1. The molecule has 2 rings (SSSR count). The van der Waals surface area contributed by atoms with E-state index in [9.17, 15) is 9.59 Å². The Morgan fingerprint density at radius 2 is 1.83 bits per heavy atom. The number of nitrogens with one attached hydrogen (secondary N) is 1. The molecule has 0 spiro atoms. The lowest BCUT2D eigenvalue weighted by Crippen LogP contribution is -2.35. The molecule has 0 aromatic heterocycles. The highest BCUT2D eigenvalue weighted by molar-refractivity contribution is 5.89. The van der Waals surface area contributed by atoms with Gasteiger partial charge in [0.2, 0.25) is 0 Å². The summed E-state index contributed by atoms with van der Waals surface area (Å²) in [5.41, 5.74) is 1.39. The van der Waals surface area contributed by atoms with E-state index in [1.54, 1.807) is 31.2 Å². The molecule has 0 radical (unpaired) electrons. The first-order chi connectivity index (χ1) is 11.1. The molecule has 0 aliphatic rings. The molecule has 0 unspecified atom stereocenters. The first-order valence-electron chi connectivity index (χ1n) is 7.27. The Bertz CT molecular complexity index is 670. The van der Waals surface area contributed by atoms with E-state index in [0.717, 1.165) is 5.56 Å². The summed E-state index contributed by atoms with van der Waals surface area (Å²) in [5, 5.41) is 2.81. The van der Waals surface area contributed by atoms with Gasteiger partial charge < -0.3 is 14.8 Å². The predicted molar refractivity (Wildman–Crippen MR) is 86.2 cm³/mol. The lowest BCUT2D eigenvalue weighted by molar-refractivity contribution is -0.127. The van der Waals surface area contributed by atoms with Gasteiger partial charge in [0.15, 0.2) is 6.10 Å². The van der Waals surface area contributed by atoms with Crippen molar-refractivity contribution >= 4 is 11.9 Å². The number of ether oxygens (including phenoxy) is 2. The van der Waals surface area contributed by atoms with E-state index in [4.69, 9.17) is 4.74 Å². The molecular weight excluding hydrogens is 294 g/mol. The lowest BCUT2D eigenvalue weighted by Gasteiger charge is -2.15. The summed E-state index contributed by atoms with van der Waals surface area (Å²) in [4.78, 5) is 23.6. The van der Waals surface area contributed by atoms with Crippen molar-refractivity contribution in [1.82, 2.24) is 5.32 Å². The number of hydrogen-bond acceptors (Lipinski definition) is 4. The number of benzene rings is 2. The van der Waals surface area contributed by atoms with Crippen molar-refractivity contribution in [3.8, 4) is 5.75 Å². The quantitative estimate of drug-likeness (QED) is 0.833. The van der Waals surface area contributed by atoms with Crippen molar-refractivity contribution in [1.29, 1.82) is 0 Å². The fraction of sp³-hybridized carbons (Fsp3) is 0.222. The molecule has 1 atom stereocenters. The van der Waals surface area contributed by atoms with Gasteiger partial charge in [0.1, 0.15) is 5.75 Å². The Morgan fingerprint density at radius 3 is 2.52 bits per heavy atom. The minimum absolute atomic E-state index is 0.225. The fourth-order valence-electron chi connectivity index (χ4n) is 2.00. The molecular formula is C18H19NO4. The van der Waals surface area contributed by atoms with Crippen LogP contribution in [0, 0.1) is 0 Å². The lowest BCUT2D eigenvalue weighted by atomic mass is 10.2. The molecule has 0 aliphatic carbocycles. The maximum Gasteiger partial charge on any atom is 0.337 e. The fourth-order valence-corrected chi connectivity index (χ4v) is 2.00. The van der Waals surface area contributed by atoms with Crippen molar-refractivity contribution in [3.05, 3.63) is 65.7 Å². The van der Waals surface area contributed by atoms with Crippen LogP contribution in [0.3, 0.4) is 0 Å². The largest absolute Gasteiger partial charge is 0.481 e. The third-order valence-electron chi connectivity index (χ3n) is 3.25. The smallest absolute Gasteiger partial charge is 0.337 e. The van der Waals surface area contributed by atoms with Gasteiger partial charge in [0.05, 0.1) is 12.7 Å². The van der Waals surface area contributed by atoms with Crippen molar-refractivity contribution in [2.45, 2.75) is 19.6 Å². The van der Waals surface area contributed by atoms with Gasteiger partial charge in [-0.3, -0.25) is 4.79 Å². The SMILES string of the molecule is COC(=O)c1cccc(O[C@@H](C)C(=O)NCc2ccccc2)c1. The molecule has 0 saturated carbocycles. The number of methoxy groups -OCH3 is 1. The van der Waals surface area contributed by atoms with Gasteiger partial charge in [-0.1, -0.05) is 36.4 Å². The average Bonchev–Trinajstić information content (AvgIpc) is 2.60. The second kappa shape index (κ2) is 7.98. The van der Waals surface area contributed by atoms with Crippen LogP contribution < -0.4 is 10.1 Å². The minimum atomic E-state index is -0.674. The number of amides is 1. The summed E-state index contributed by atoms with van der Waals surface area (Å²) in [6.07, 6.45) is -0.674. The molecule has 0 heterocycles. The molecule has 1 N–H and O–H groups in total. The summed E-state index contributed by atoms with van der Waals surface area (Å²) >= 11 is 0. The molecule has 2 aromatic rings. The Kier molecular flexibility index (Phi) is 5.74. The third-order valence-corrected chi connectivity index (χ3v) is 3.25. The molecule has 0 aliphatic heterocycles. The summed E-state index contributed by atoms with van der Waals surface area (Å²) in [6, 6.07) is 16.2. The van der Waals surface area contributed by atoms with E-state index in [0.29, 0.717) is 17.9 Å². The zero-order valence-corrected chi connectivity index (χ0v) is 13.1. The van der Waals surface area contributed by atoms with Gasteiger partial charge in [0, 0.05) is 6.54 Å². The van der Waals surface area contributed by atoms with E-state index in [1.807, 2.05) is 30.3 Å². The van der Waals surface area contributed by atoms with Crippen LogP contribution in [0.15, 0.2) is 54.6 Å². The standard InChI is InChI=1S/C18H19NO4/c1-13(17(20)19-12-14-7-4-3-5-8-14)23-16-10-6-9-15(11-16)18(21)22-2/h3-11,13H,12H2,1-2H3,(H,19,20)/t13-/m0/s1. The molecule has 1 amide bonds. The van der Waals surface area contributed by atoms with E-state index in [-0.39, 0.29) is 5.91 Å². The van der Waals surface area contributed by atoms with E-state index in [1.165, 1.54) is 7.11 Å². The van der Waals surface area contributed by atoms with Crippen LogP contribution >= 0.6 is 0 Å². The second-order valence-electron chi connectivity index (χ2n) is 4.98. The Morgan fingerprint density at radius 1 is 1.09 bits per heavy atom. The van der Waals surface area contributed by atoms with E-state index >= 15 is 0 Å². The maximum absolute atomic E-state index is 12.1. The molecule has 120 valence electrons. The van der Waals surface area contributed by atoms with Crippen LogP contribution in [-0.4, -0.2) is 25.1 Å². The summed E-state index contributed by atoms with van der Waals surface area (Å²) in [7, 11) is 1.31. The average molecular weight is 313 g/mol. The Balaban J connectivity index is 1.92. The number of carbonyl (C=O) groups excluding carboxylic acids is 2. The minimum Gasteiger partial charge on any atom is -0.481 e. The Labute approximate surface area is 135 Å². The van der Waals surface area contributed by atoms with Crippen LogP contribution in [0.1, 0.15) is 22.8 Å². The van der Waals surface area contributed by atoms with E-state index < -0.39 is 12.1 Å². The molecule has 5 nitrogen and oxygen atoms in total. The zero-order chi connectivity index (χ0) is 16.7. The monoisotopic (exact) mass is 313 g/mol. The van der Waals surface area contributed by atoms with Crippen molar-refractivity contribution in [2.24, 2.45) is 0 Å². The molecule has 23 heavy (non-hydrogen) atoms. The molecule has 0 saturated heterocycles. The normalized spacial score (nSPS) is 11.4. The van der Waals surface area contributed by atoms with Crippen LogP contribution in [0.4, 0.5) is 0 Å². The first-order valence-corrected chi connectivity index (χ1v) is 7.27.